The molecule has 0 aliphatic rings. The van der Waals surface area contributed by atoms with Crippen molar-refractivity contribution in [2.75, 3.05) is 0 Å². The molecule has 2 aromatic rings. The minimum absolute atomic E-state index is 0. The average molecular weight is 364 g/mol. The van der Waals surface area contributed by atoms with Crippen LogP contribution in [0.15, 0.2) is 80.2 Å². The Morgan fingerprint density at radius 2 is 1.45 bits per heavy atom. The van der Waals surface area contributed by atoms with Crippen molar-refractivity contribution in [2.45, 2.75) is 25.8 Å². The Labute approximate surface area is 144 Å². The fourth-order valence-corrected chi connectivity index (χ4v) is 1.76. The number of rotatable bonds is 6. The van der Waals surface area contributed by atoms with Crippen LogP contribution in [0.2, 0.25) is 0 Å². The van der Waals surface area contributed by atoms with Gasteiger partial charge in [-0.3, -0.25) is 0 Å². The summed E-state index contributed by atoms with van der Waals surface area (Å²) in [5, 5.41) is 0. The molecule has 0 amide bonds. The first-order valence-corrected chi connectivity index (χ1v) is 7.09. The number of hydrogen-bond donors (Lipinski definition) is 0. The van der Waals surface area contributed by atoms with Crippen molar-refractivity contribution in [1.82, 2.24) is 0 Å². The van der Waals surface area contributed by atoms with Crippen LogP contribution in [0.5, 0.6) is 0 Å². The summed E-state index contributed by atoms with van der Waals surface area (Å²) >= 11 is 0. The number of benzene rings is 1. The Bertz CT molecular complexity index is 485. The normalized spacial score (nSPS) is 8.36. The second-order valence-corrected chi connectivity index (χ2v) is 4.51. The van der Waals surface area contributed by atoms with Crippen LogP contribution in [0.4, 0.5) is 0 Å². The maximum absolute atomic E-state index is 3.70. The lowest BCUT2D eigenvalue weighted by molar-refractivity contribution is -0.697. The van der Waals surface area contributed by atoms with Crippen LogP contribution < -0.4 is 21.5 Å². The van der Waals surface area contributed by atoms with Crippen LogP contribution in [0.3, 0.4) is 0 Å². The summed E-state index contributed by atoms with van der Waals surface area (Å²) in [5.41, 5.74) is 1.17. The van der Waals surface area contributed by atoms with Crippen LogP contribution in [-0.2, 0) is 6.54 Å². The van der Waals surface area contributed by atoms with Crippen molar-refractivity contribution in [3.05, 3.63) is 85.7 Å². The maximum atomic E-state index is 3.70. The molecular weight excluding hydrogens is 338 g/mol. The Kier molecular flexibility index (Phi) is 16.1. The van der Waals surface area contributed by atoms with E-state index in [-0.39, 0.29) is 22.5 Å². The fourth-order valence-electron chi connectivity index (χ4n) is 1.76. The SMILES string of the molecule is C=CCCCC[n+]1ccccc1.C=Cc1ccccc1.O.[Br-]. The Balaban J connectivity index is 0. The highest BCUT2D eigenvalue weighted by Crippen LogP contribution is 1.97. The van der Waals surface area contributed by atoms with E-state index in [1.807, 2.05) is 48.6 Å². The Morgan fingerprint density at radius 1 is 0.864 bits per heavy atom. The number of aromatic nitrogens is 1. The first kappa shape index (κ1) is 22.6. The van der Waals surface area contributed by atoms with Crippen molar-refractivity contribution in [2.24, 2.45) is 0 Å². The predicted molar refractivity (Wildman–Crippen MR) is 90.8 cm³/mol. The van der Waals surface area contributed by atoms with Crippen molar-refractivity contribution >= 4 is 6.08 Å². The standard InChI is InChI=1S/C11H16N.C8H8.BrH.H2O/c1-2-3-4-6-9-12-10-7-5-8-11-12;1-2-8-6-4-3-5-7-8;;/h2,5,7-8,10-11H,1,3-4,6,9H2;2-7H,1H2;1H;1H2/q+1;;;/p-1. The third-order valence-electron chi connectivity index (χ3n) is 2.89. The predicted octanol–water partition coefficient (Wildman–Crippen LogP) is 0.839. The number of pyridine rings is 1. The van der Waals surface area contributed by atoms with E-state index in [1.54, 1.807) is 0 Å². The minimum Gasteiger partial charge on any atom is -1.00 e. The molecule has 0 radical (unpaired) electrons. The van der Waals surface area contributed by atoms with E-state index in [9.17, 15) is 0 Å². The number of hydrogen-bond acceptors (Lipinski definition) is 0. The summed E-state index contributed by atoms with van der Waals surface area (Å²) in [6.45, 7) is 8.45. The lowest BCUT2D eigenvalue weighted by Crippen LogP contribution is -3.00. The summed E-state index contributed by atoms with van der Waals surface area (Å²) in [4.78, 5) is 0. The third-order valence-corrected chi connectivity index (χ3v) is 2.89. The summed E-state index contributed by atoms with van der Waals surface area (Å²) in [6, 6.07) is 16.2. The molecule has 0 fully saturated rings. The lowest BCUT2D eigenvalue weighted by Gasteiger charge is -1.94. The quantitative estimate of drug-likeness (QED) is 0.414. The topological polar surface area (TPSA) is 35.4 Å². The van der Waals surface area contributed by atoms with Crippen LogP contribution >= 0.6 is 0 Å². The second-order valence-electron chi connectivity index (χ2n) is 4.51. The highest BCUT2D eigenvalue weighted by molar-refractivity contribution is 5.45. The summed E-state index contributed by atoms with van der Waals surface area (Å²) < 4.78 is 2.21. The zero-order valence-corrected chi connectivity index (χ0v) is 14.6. The number of unbranched alkanes of at least 4 members (excludes halogenated alkanes) is 2. The summed E-state index contributed by atoms with van der Waals surface area (Å²) in [6.07, 6.45) is 11.6. The van der Waals surface area contributed by atoms with E-state index in [0.717, 1.165) is 13.0 Å². The zero-order valence-electron chi connectivity index (χ0n) is 13.0. The molecule has 0 saturated carbocycles. The third kappa shape index (κ3) is 11.0. The van der Waals surface area contributed by atoms with Gasteiger partial charge in [-0.05, 0) is 18.4 Å². The van der Waals surface area contributed by atoms with E-state index in [2.05, 4.69) is 42.3 Å². The van der Waals surface area contributed by atoms with Gasteiger partial charge in [0.1, 0.15) is 6.54 Å². The number of allylic oxidation sites excluding steroid dienone is 1. The Hall–Kier alpha value is -1.71. The molecule has 1 heterocycles. The monoisotopic (exact) mass is 363 g/mol. The molecule has 1 aromatic carbocycles. The van der Waals surface area contributed by atoms with Gasteiger partial charge in [-0.2, -0.15) is 0 Å². The van der Waals surface area contributed by atoms with Gasteiger partial charge in [0.25, 0.3) is 0 Å². The zero-order chi connectivity index (χ0) is 14.5. The van der Waals surface area contributed by atoms with Crippen LogP contribution in [-0.4, -0.2) is 5.48 Å². The molecule has 2 rings (SSSR count). The number of nitrogens with zero attached hydrogens (tertiary/aromatic N) is 1. The fraction of sp³-hybridized carbons (Fsp3) is 0.211. The lowest BCUT2D eigenvalue weighted by atomic mass is 10.2. The molecule has 0 aliphatic carbocycles. The van der Waals surface area contributed by atoms with Gasteiger partial charge in [0.15, 0.2) is 12.4 Å². The van der Waals surface area contributed by atoms with Gasteiger partial charge >= 0.3 is 0 Å². The van der Waals surface area contributed by atoms with Gasteiger partial charge < -0.3 is 22.5 Å². The molecule has 1 aromatic heterocycles. The molecule has 120 valence electrons. The maximum Gasteiger partial charge on any atom is 0.168 e. The van der Waals surface area contributed by atoms with Gasteiger partial charge in [0.2, 0.25) is 0 Å². The highest BCUT2D eigenvalue weighted by atomic mass is 79.9. The van der Waals surface area contributed by atoms with Crippen LogP contribution in [0, 0.1) is 0 Å². The van der Waals surface area contributed by atoms with E-state index in [1.165, 1.54) is 18.4 Å². The van der Waals surface area contributed by atoms with E-state index in [4.69, 9.17) is 0 Å². The smallest absolute Gasteiger partial charge is 0.168 e. The molecule has 0 spiro atoms. The van der Waals surface area contributed by atoms with E-state index >= 15 is 0 Å². The molecule has 2 N–H and O–H groups in total. The van der Waals surface area contributed by atoms with E-state index in [0.29, 0.717) is 0 Å². The van der Waals surface area contributed by atoms with Gasteiger partial charge in [-0.25, -0.2) is 4.57 Å². The first-order valence-electron chi connectivity index (χ1n) is 7.09. The molecule has 2 nitrogen and oxygen atoms in total. The van der Waals surface area contributed by atoms with Crippen LogP contribution in [0.25, 0.3) is 6.08 Å². The largest absolute Gasteiger partial charge is 1.00 e. The van der Waals surface area contributed by atoms with Crippen molar-refractivity contribution in [1.29, 1.82) is 0 Å². The first-order chi connectivity index (χ1) is 9.86. The molecule has 0 unspecified atom stereocenters. The van der Waals surface area contributed by atoms with Crippen molar-refractivity contribution < 1.29 is 27.0 Å². The average Bonchev–Trinajstić information content (AvgIpc) is 2.54. The second kappa shape index (κ2) is 15.7. The van der Waals surface area contributed by atoms with Gasteiger partial charge in [0, 0.05) is 18.6 Å². The molecule has 0 atom stereocenters. The number of aryl methyl sites for hydroxylation is 1. The molecular formula is C19H26BrNO. The molecule has 0 saturated heterocycles. The molecule has 0 aliphatic heterocycles. The van der Waals surface area contributed by atoms with E-state index < -0.39 is 0 Å². The minimum atomic E-state index is 0. The summed E-state index contributed by atoms with van der Waals surface area (Å²) in [7, 11) is 0. The Morgan fingerprint density at radius 3 is 1.95 bits per heavy atom. The summed E-state index contributed by atoms with van der Waals surface area (Å²) in [5.74, 6) is 0. The highest BCUT2D eigenvalue weighted by Gasteiger charge is 1.95. The van der Waals surface area contributed by atoms with Gasteiger partial charge in [-0.15, -0.1) is 6.58 Å². The van der Waals surface area contributed by atoms with Crippen LogP contribution in [0.1, 0.15) is 24.8 Å². The van der Waals surface area contributed by atoms with Gasteiger partial charge in [-0.1, -0.05) is 55.1 Å². The van der Waals surface area contributed by atoms with Crippen molar-refractivity contribution in [3.8, 4) is 0 Å². The number of halogens is 1. The molecule has 0 bridgehead atoms. The molecule has 22 heavy (non-hydrogen) atoms. The van der Waals surface area contributed by atoms with Gasteiger partial charge in [0.05, 0.1) is 0 Å². The van der Waals surface area contributed by atoms with Crippen molar-refractivity contribution in [3.63, 3.8) is 0 Å². The molecule has 3 heteroatoms.